The van der Waals surface area contributed by atoms with Crippen LogP contribution in [0.15, 0.2) is 21.7 Å². The fourth-order valence-corrected chi connectivity index (χ4v) is 7.23. The lowest BCUT2D eigenvalue weighted by Gasteiger charge is -2.32. The number of fused-ring (bicyclic) bond motifs is 2. The van der Waals surface area contributed by atoms with Gasteiger partial charge in [-0.05, 0) is 55.4 Å². The third-order valence-corrected chi connectivity index (χ3v) is 9.25. The molecule has 1 aromatic heterocycles. The van der Waals surface area contributed by atoms with Gasteiger partial charge in [-0.3, -0.25) is 4.79 Å². The Bertz CT molecular complexity index is 693. The topological polar surface area (TPSA) is 66.5 Å². The maximum Gasteiger partial charge on any atom is 0.252 e. The highest BCUT2D eigenvalue weighted by molar-refractivity contribution is 7.91. The van der Waals surface area contributed by atoms with Gasteiger partial charge in [0.1, 0.15) is 4.21 Å². The number of piperidine rings is 1. The van der Waals surface area contributed by atoms with Gasteiger partial charge in [-0.2, -0.15) is 4.31 Å². The SMILES string of the molecule is O=C(N[C@H]1C[C@H]2CC[C@@H]1C2)C1CCN(S(=O)(=O)c2cccs2)CC1. The summed E-state index contributed by atoms with van der Waals surface area (Å²) in [6.45, 7) is 0.879. The molecule has 132 valence electrons. The van der Waals surface area contributed by atoms with E-state index in [2.05, 4.69) is 5.32 Å². The van der Waals surface area contributed by atoms with E-state index in [1.54, 1.807) is 17.5 Å². The van der Waals surface area contributed by atoms with E-state index in [0.29, 0.717) is 42.1 Å². The monoisotopic (exact) mass is 368 g/mol. The predicted molar refractivity (Wildman–Crippen MR) is 93.2 cm³/mol. The van der Waals surface area contributed by atoms with Gasteiger partial charge >= 0.3 is 0 Å². The summed E-state index contributed by atoms with van der Waals surface area (Å²) in [4.78, 5) is 12.5. The van der Waals surface area contributed by atoms with Crippen LogP contribution in [0.3, 0.4) is 0 Å². The van der Waals surface area contributed by atoms with Crippen molar-refractivity contribution in [1.29, 1.82) is 0 Å². The number of hydrogen-bond acceptors (Lipinski definition) is 4. The minimum absolute atomic E-state index is 0.0427. The lowest BCUT2D eigenvalue weighted by Crippen LogP contribution is -2.46. The third kappa shape index (κ3) is 3.02. The van der Waals surface area contributed by atoms with Crippen LogP contribution in [-0.2, 0) is 14.8 Å². The zero-order chi connectivity index (χ0) is 16.7. The Hall–Kier alpha value is -0.920. The van der Waals surface area contributed by atoms with Gasteiger partial charge in [-0.15, -0.1) is 11.3 Å². The molecule has 3 atom stereocenters. The Morgan fingerprint density at radius 3 is 2.54 bits per heavy atom. The van der Waals surface area contributed by atoms with E-state index < -0.39 is 10.0 Å². The lowest BCUT2D eigenvalue weighted by molar-refractivity contribution is -0.127. The standard InChI is InChI=1S/C17H24N2O3S2/c20-17(18-15-11-12-3-4-14(15)10-12)13-5-7-19(8-6-13)24(21,22)16-2-1-9-23-16/h1-2,9,12-15H,3-8,10-11H2,(H,18,20)/t12-,14+,15-/m0/s1. The Morgan fingerprint density at radius 1 is 1.17 bits per heavy atom. The molecule has 0 unspecified atom stereocenters. The summed E-state index contributed by atoms with van der Waals surface area (Å²) >= 11 is 1.25. The number of nitrogens with zero attached hydrogens (tertiary/aromatic N) is 1. The van der Waals surface area contributed by atoms with Crippen molar-refractivity contribution in [1.82, 2.24) is 9.62 Å². The largest absolute Gasteiger partial charge is 0.353 e. The highest BCUT2D eigenvalue weighted by Gasteiger charge is 2.41. The van der Waals surface area contributed by atoms with Crippen LogP contribution in [0.25, 0.3) is 0 Å². The number of amides is 1. The molecule has 0 spiro atoms. The predicted octanol–water partition coefficient (Wildman–Crippen LogP) is 2.45. The van der Waals surface area contributed by atoms with Crippen molar-refractivity contribution in [3.05, 3.63) is 17.5 Å². The van der Waals surface area contributed by atoms with E-state index in [9.17, 15) is 13.2 Å². The average molecular weight is 369 g/mol. The van der Waals surface area contributed by atoms with E-state index in [0.717, 1.165) is 12.3 Å². The van der Waals surface area contributed by atoms with Crippen molar-refractivity contribution in [3.8, 4) is 0 Å². The molecule has 0 aromatic carbocycles. The Morgan fingerprint density at radius 2 is 1.96 bits per heavy atom. The van der Waals surface area contributed by atoms with Gasteiger partial charge in [0.05, 0.1) is 0 Å². The van der Waals surface area contributed by atoms with Crippen molar-refractivity contribution in [2.45, 2.75) is 48.8 Å². The van der Waals surface area contributed by atoms with E-state index in [4.69, 9.17) is 0 Å². The normalized spacial score (nSPS) is 31.4. The van der Waals surface area contributed by atoms with E-state index in [1.807, 2.05) is 0 Å². The average Bonchev–Trinajstić information content (AvgIpc) is 3.32. The summed E-state index contributed by atoms with van der Waals surface area (Å²) < 4.78 is 27.0. The minimum Gasteiger partial charge on any atom is -0.353 e. The second-order valence-corrected chi connectivity index (χ2v) is 10.5. The molecule has 2 aliphatic carbocycles. The molecule has 2 bridgehead atoms. The van der Waals surface area contributed by atoms with Gasteiger partial charge in [-0.25, -0.2) is 8.42 Å². The first-order valence-corrected chi connectivity index (χ1v) is 11.2. The first-order chi connectivity index (χ1) is 11.5. The molecule has 24 heavy (non-hydrogen) atoms. The van der Waals surface area contributed by atoms with Crippen LogP contribution >= 0.6 is 11.3 Å². The summed E-state index contributed by atoms with van der Waals surface area (Å²) in [5, 5.41) is 5.04. The van der Waals surface area contributed by atoms with Crippen LogP contribution in [0.1, 0.15) is 38.5 Å². The van der Waals surface area contributed by atoms with Crippen LogP contribution in [0, 0.1) is 17.8 Å². The van der Waals surface area contributed by atoms with Crippen LogP contribution in [0.2, 0.25) is 0 Å². The maximum atomic E-state index is 12.5. The number of hydrogen-bond donors (Lipinski definition) is 1. The third-order valence-electron chi connectivity index (χ3n) is 5.98. The summed E-state index contributed by atoms with van der Waals surface area (Å²) in [5.41, 5.74) is 0. The Balaban J connectivity index is 1.32. The van der Waals surface area contributed by atoms with Gasteiger partial charge in [0.15, 0.2) is 0 Å². The second-order valence-electron chi connectivity index (χ2n) is 7.40. The maximum absolute atomic E-state index is 12.5. The van der Waals surface area contributed by atoms with E-state index in [1.165, 1.54) is 34.9 Å². The summed E-state index contributed by atoms with van der Waals surface area (Å²) in [6.07, 6.45) is 6.25. The van der Waals surface area contributed by atoms with Crippen molar-refractivity contribution in [2.75, 3.05) is 13.1 Å². The molecular formula is C17H24N2O3S2. The van der Waals surface area contributed by atoms with Gasteiger partial charge in [0.25, 0.3) is 10.0 Å². The van der Waals surface area contributed by atoms with Crippen molar-refractivity contribution < 1.29 is 13.2 Å². The highest BCUT2D eigenvalue weighted by atomic mass is 32.2. The van der Waals surface area contributed by atoms with Crippen LogP contribution in [0.4, 0.5) is 0 Å². The summed E-state index contributed by atoms with van der Waals surface area (Å²) in [5.74, 6) is 1.59. The molecule has 0 radical (unpaired) electrons. The lowest BCUT2D eigenvalue weighted by atomic mass is 9.93. The van der Waals surface area contributed by atoms with Crippen LogP contribution in [-0.4, -0.2) is 37.8 Å². The zero-order valence-electron chi connectivity index (χ0n) is 13.7. The molecule has 7 heteroatoms. The first-order valence-electron chi connectivity index (χ1n) is 8.88. The summed E-state index contributed by atoms with van der Waals surface area (Å²) in [6, 6.07) is 3.77. The first kappa shape index (κ1) is 16.5. The molecule has 1 N–H and O–H groups in total. The number of thiophene rings is 1. The molecule has 2 heterocycles. The van der Waals surface area contributed by atoms with Crippen molar-refractivity contribution in [2.24, 2.45) is 17.8 Å². The molecule has 1 amide bonds. The minimum atomic E-state index is -3.38. The smallest absolute Gasteiger partial charge is 0.252 e. The molecule has 3 fully saturated rings. The number of nitrogens with one attached hydrogen (secondary N) is 1. The van der Waals surface area contributed by atoms with E-state index in [-0.39, 0.29) is 11.8 Å². The van der Waals surface area contributed by atoms with Crippen molar-refractivity contribution >= 4 is 27.3 Å². The van der Waals surface area contributed by atoms with Gasteiger partial charge in [0, 0.05) is 25.0 Å². The Kier molecular flexibility index (Phi) is 4.43. The summed E-state index contributed by atoms with van der Waals surface area (Å²) in [7, 11) is -3.38. The second kappa shape index (κ2) is 6.42. The highest BCUT2D eigenvalue weighted by Crippen LogP contribution is 2.44. The number of sulfonamides is 1. The van der Waals surface area contributed by atoms with Gasteiger partial charge in [0.2, 0.25) is 5.91 Å². The molecule has 1 aromatic rings. The molecule has 1 saturated heterocycles. The fraction of sp³-hybridized carbons (Fsp3) is 0.706. The molecule has 5 nitrogen and oxygen atoms in total. The molecule has 4 rings (SSSR count). The molecular weight excluding hydrogens is 344 g/mol. The fourth-order valence-electron chi connectivity index (χ4n) is 4.62. The van der Waals surface area contributed by atoms with Gasteiger partial charge < -0.3 is 5.32 Å². The molecule has 2 saturated carbocycles. The van der Waals surface area contributed by atoms with Crippen molar-refractivity contribution in [3.63, 3.8) is 0 Å². The zero-order valence-corrected chi connectivity index (χ0v) is 15.3. The molecule has 3 aliphatic rings. The number of rotatable bonds is 4. The number of carbonyl (C=O) groups is 1. The van der Waals surface area contributed by atoms with E-state index >= 15 is 0 Å². The number of carbonyl (C=O) groups excluding carboxylic acids is 1. The van der Waals surface area contributed by atoms with Gasteiger partial charge in [-0.1, -0.05) is 12.5 Å². The van der Waals surface area contributed by atoms with Crippen LogP contribution in [0.5, 0.6) is 0 Å². The van der Waals surface area contributed by atoms with Crippen LogP contribution < -0.4 is 5.32 Å². The molecule has 1 aliphatic heterocycles. The quantitative estimate of drug-likeness (QED) is 0.888. The Labute approximate surface area is 147 Å².